The highest BCUT2D eigenvalue weighted by Gasteiger charge is 2.49. The van der Waals surface area contributed by atoms with E-state index in [0.717, 1.165) is 6.42 Å². The summed E-state index contributed by atoms with van der Waals surface area (Å²) in [4.78, 5) is 26.4. The Morgan fingerprint density at radius 1 is 1.44 bits per heavy atom. The van der Waals surface area contributed by atoms with Crippen LogP contribution in [0.1, 0.15) is 40.5 Å². The summed E-state index contributed by atoms with van der Waals surface area (Å²) in [5.41, 5.74) is -0.772. The Labute approximate surface area is 108 Å². The van der Waals surface area contributed by atoms with Gasteiger partial charge in [-0.1, -0.05) is 6.92 Å². The van der Waals surface area contributed by atoms with Gasteiger partial charge in [0.05, 0.1) is 12.1 Å². The van der Waals surface area contributed by atoms with Crippen molar-refractivity contribution in [3.63, 3.8) is 0 Å². The van der Waals surface area contributed by atoms with E-state index in [1.165, 1.54) is 0 Å². The fourth-order valence-corrected chi connectivity index (χ4v) is 2.78. The highest BCUT2D eigenvalue weighted by Crippen LogP contribution is 2.28. The average molecular weight is 254 g/mol. The van der Waals surface area contributed by atoms with E-state index in [2.05, 4.69) is 5.32 Å². The van der Waals surface area contributed by atoms with Crippen molar-refractivity contribution in [1.82, 2.24) is 10.2 Å². The molecule has 102 valence electrons. The number of hydrogen-bond donors (Lipinski definition) is 1. The lowest BCUT2D eigenvalue weighted by molar-refractivity contribution is -0.157. The second-order valence-electron chi connectivity index (χ2n) is 5.50. The molecule has 0 spiro atoms. The van der Waals surface area contributed by atoms with Gasteiger partial charge >= 0.3 is 0 Å². The summed E-state index contributed by atoms with van der Waals surface area (Å²) in [6.45, 7) is 8.13. The third-order valence-electron chi connectivity index (χ3n) is 4.30. The zero-order chi connectivity index (χ0) is 13.5. The summed E-state index contributed by atoms with van der Waals surface area (Å²) in [5.74, 6) is -0.0579. The maximum absolute atomic E-state index is 12.6. The van der Waals surface area contributed by atoms with E-state index in [1.807, 2.05) is 13.8 Å². The number of ether oxygens (including phenoxy) is 1. The topological polar surface area (TPSA) is 58.6 Å². The minimum Gasteiger partial charge on any atom is -0.376 e. The molecule has 2 saturated heterocycles. The molecule has 2 fully saturated rings. The summed E-state index contributed by atoms with van der Waals surface area (Å²) in [6.07, 6.45) is 1.41. The van der Waals surface area contributed by atoms with Crippen LogP contribution in [-0.2, 0) is 14.3 Å². The number of nitrogens with zero attached hydrogens (tertiary/aromatic N) is 1. The molecule has 0 aromatic heterocycles. The zero-order valence-electron chi connectivity index (χ0n) is 11.5. The monoisotopic (exact) mass is 254 g/mol. The number of carbonyl (C=O) groups excluding carboxylic acids is 2. The van der Waals surface area contributed by atoms with Crippen molar-refractivity contribution < 1.29 is 14.3 Å². The molecule has 0 saturated carbocycles. The van der Waals surface area contributed by atoms with Gasteiger partial charge in [-0.3, -0.25) is 9.59 Å². The predicted octanol–water partition coefficient (Wildman–Crippen LogP) is 0.679. The summed E-state index contributed by atoms with van der Waals surface area (Å²) in [6, 6.07) is -0.393. The van der Waals surface area contributed by atoms with Crippen molar-refractivity contribution in [3.8, 4) is 0 Å². The smallest absolute Gasteiger partial charge is 0.249 e. The molecule has 2 aliphatic rings. The van der Waals surface area contributed by atoms with Crippen LogP contribution in [0.3, 0.4) is 0 Å². The lowest BCUT2D eigenvalue weighted by Gasteiger charge is -2.46. The van der Waals surface area contributed by atoms with Gasteiger partial charge in [0.25, 0.3) is 0 Å². The second kappa shape index (κ2) is 4.53. The van der Waals surface area contributed by atoms with E-state index >= 15 is 0 Å². The van der Waals surface area contributed by atoms with E-state index < -0.39 is 11.6 Å². The fraction of sp³-hybridized carbons (Fsp3) is 0.846. The Morgan fingerprint density at radius 3 is 2.61 bits per heavy atom. The van der Waals surface area contributed by atoms with Gasteiger partial charge in [-0.25, -0.2) is 0 Å². The van der Waals surface area contributed by atoms with Crippen LogP contribution in [0.25, 0.3) is 0 Å². The summed E-state index contributed by atoms with van der Waals surface area (Å²) >= 11 is 0. The molecule has 5 nitrogen and oxygen atoms in total. The normalized spacial score (nSPS) is 41.1. The molecule has 4 atom stereocenters. The first-order valence-corrected chi connectivity index (χ1v) is 6.67. The van der Waals surface area contributed by atoms with Crippen molar-refractivity contribution in [1.29, 1.82) is 0 Å². The largest absolute Gasteiger partial charge is 0.376 e. The molecule has 2 rings (SSSR count). The molecule has 0 bridgehead atoms. The molecule has 18 heavy (non-hydrogen) atoms. The van der Waals surface area contributed by atoms with Gasteiger partial charge in [0, 0.05) is 6.61 Å². The van der Waals surface area contributed by atoms with E-state index in [1.54, 1.807) is 18.7 Å². The molecule has 4 unspecified atom stereocenters. The minimum atomic E-state index is -0.772. The number of hydrogen-bond acceptors (Lipinski definition) is 3. The van der Waals surface area contributed by atoms with Crippen LogP contribution in [-0.4, -0.2) is 47.0 Å². The third kappa shape index (κ3) is 1.90. The molecule has 2 aliphatic heterocycles. The molecule has 2 amide bonds. The van der Waals surface area contributed by atoms with Crippen LogP contribution in [0, 0.1) is 0 Å². The molecular weight excluding hydrogens is 232 g/mol. The molecule has 0 aromatic carbocycles. The highest BCUT2D eigenvalue weighted by molar-refractivity contribution is 5.99. The minimum absolute atomic E-state index is 0.00315. The van der Waals surface area contributed by atoms with E-state index in [9.17, 15) is 9.59 Å². The molecule has 5 heteroatoms. The van der Waals surface area contributed by atoms with E-state index in [4.69, 9.17) is 4.74 Å². The number of amides is 2. The SMILES string of the molecule is CCC1(C)NC(=O)C(C)N(C2CCOC2C)C1=O. The standard InChI is InChI=1S/C13H22N2O3/c1-5-13(4)12(17)15(8(2)11(16)14-13)10-6-7-18-9(10)3/h8-10H,5-7H2,1-4H3,(H,14,16). The van der Waals surface area contributed by atoms with Crippen LogP contribution < -0.4 is 5.32 Å². The lowest BCUT2D eigenvalue weighted by Crippen LogP contribution is -2.70. The van der Waals surface area contributed by atoms with Crippen LogP contribution in [0.4, 0.5) is 0 Å². The van der Waals surface area contributed by atoms with Gasteiger partial charge in [0.1, 0.15) is 11.6 Å². The van der Waals surface area contributed by atoms with Crippen molar-refractivity contribution in [2.24, 2.45) is 0 Å². The predicted molar refractivity (Wildman–Crippen MR) is 67.0 cm³/mol. The van der Waals surface area contributed by atoms with E-state index in [0.29, 0.717) is 13.0 Å². The lowest BCUT2D eigenvalue weighted by atomic mass is 9.90. The number of rotatable bonds is 2. The van der Waals surface area contributed by atoms with Crippen LogP contribution in [0.2, 0.25) is 0 Å². The second-order valence-corrected chi connectivity index (χ2v) is 5.50. The maximum Gasteiger partial charge on any atom is 0.249 e. The third-order valence-corrected chi connectivity index (χ3v) is 4.30. The van der Waals surface area contributed by atoms with Gasteiger partial charge in [-0.15, -0.1) is 0 Å². The van der Waals surface area contributed by atoms with Crippen LogP contribution in [0.5, 0.6) is 0 Å². The van der Waals surface area contributed by atoms with Crippen molar-refractivity contribution in [2.45, 2.75) is 64.3 Å². The van der Waals surface area contributed by atoms with Crippen molar-refractivity contribution in [2.75, 3.05) is 6.61 Å². The molecule has 0 aliphatic carbocycles. The maximum atomic E-state index is 12.6. The van der Waals surface area contributed by atoms with Crippen LogP contribution >= 0.6 is 0 Å². The number of nitrogens with one attached hydrogen (secondary N) is 1. The Morgan fingerprint density at radius 2 is 2.11 bits per heavy atom. The summed E-state index contributed by atoms with van der Waals surface area (Å²) in [7, 11) is 0. The molecule has 0 radical (unpaired) electrons. The van der Waals surface area contributed by atoms with Gasteiger partial charge in [-0.05, 0) is 33.6 Å². The highest BCUT2D eigenvalue weighted by atomic mass is 16.5. The quantitative estimate of drug-likeness (QED) is 0.788. The Hall–Kier alpha value is -1.10. The first-order valence-electron chi connectivity index (χ1n) is 6.67. The molecule has 1 N–H and O–H groups in total. The Kier molecular flexibility index (Phi) is 3.36. The molecular formula is C13H22N2O3. The van der Waals surface area contributed by atoms with Gasteiger partial charge in [0.2, 0.25) is 11.8 Å². The van der Waals surface area contributed by atoms with Gasteiger partial charge in [-0.2, -0.15) is 0 Å². The average Bonchev–Trinajstić information content (AvgIpc) is 2.74. The number of piperazine rings is 1. The van der Waals surface area contributed by atoms with Crippen LogP contribution in [0.15, 0.2) is 0 Å². The zero-order valence-corrected chi connectivity index (χ0v) is 11.5. The van der Waals surface area contributed by atoms with Crippen molar-refractivity contribution >= 4 is 11.8 Å². The first kappa shape index (κ1) is 13.3. The van der Waals surface area contributed by atoms with Gasteiger partial charge in [0.15, 0.2) is 0 Å². The Bertz CT molecular complexity index is 371. The summed E-state index contributed by atoms with van der Waals surface area (Å²) < 4.78 is 5.53. The number of carbonyl (C=O) groups is 2. The fourth-order valence-electron chi connectivity index (χ4n) is 2.78. The molecule has 2 heterocycles. The molecule has 0 aromatic rings. The van der Waals surface area contributed by atoms with E-state index in [-0.39, 0.29) is 24.0 Å². The van der Waals surface area contributed by atoms with Gasteiger partial charge < -0.3 is 15.0 Å². The first-order chi connectivity index (χ1) is 8.40. The van der Waals surface area contributed by atoms with Crippen molar-refractivity contribution in [3.05, 3.63) is 0 Å². The summed E-state index contributed by atoms with van der Waals surface area (Å²) in [5, 5.41) is 2.84. The Balaban J connectivity index is 2.30.